The molecule has 146 valence electrons. The van der Waals surface area contributed by atoms with Crippen LogP contribution in [0.2, 0.25) is 0 Å². The van der Waals surface area contributed by atoms with Gasteiger partial charge in [-0.3, -0.25) is 9.36 Å². The van der Waals surface area contributed by atoms with Gasteiger partial charge < -0.3 is 5.32 Å². The largest absolute Gasteiger partial charge is 0.321 e. The Morgan fingerprint density at radius 3 is 2.50 bits per heavy atom. The van der Waals surface area contributed by atoms with E-state index in [0.717, 1.165) is 22.3 Å². The Kier molecular flexibility index (Phi) is 4.53. The molecule has 0 bridgehead atoms. The molecule has 0 saturated carbocycles. The maximum absolute atomic E-state index is 12.5. The van der Waals surface area contributed by atoms with Crippen molar-refractivity contribution in [1.29, 1.82) is 0 Å². The van der Waals surface area contributed by atoms with Gasteiger partial charge in [-0.05, 0) is 42.0 Å². The van der Waals surface area contributed by atoms with Crippen molar-refractivity contribution in [1.82, 2.24) is 24.5 Å². The van der Waals surface area contributed by atoms with Gasteiger partial charge in [0.1, 0.15) is 6.33 Å². The van der Waals surface area contributed by atoms with E-state index in [2.05, 4.69) is 20.6 Å². The van der Waals surface area contributed by atoms with Gasteiger partial charge in [0, 0.05) is 11.4 Å². The number of rotatable bonds is 5. The number of hydrogen-bond donors (Lipinski definition) is 1. The molecule has 7 nitrogen and oxygen atoms in total. The second kappa shape index (κ2) is 7.63. The minimum absolute atomic E-state index is 0.274. The minimum Gasteiger partial charge on any atom is -0.321 e. The molecule has 0 fully saturated rings. The summed E-state index contributed by atoms with van der Waals surface area (Å²) in [5.41, 5.74) is 4.99. The predicted molar refractivity (Wildman–Crippen MR) is 115 cm³/mol. The van der Waals surface area contributed by atoms with Crippen LogP contribution in [0.3, 0.4) is 0 Å². The van der Waals surface area contributed by atoms with E-state index in [1.54, 1.807) is 17.2 Å². The van der Waals surface area contributed by atoms with Gasteiger partial charge in [-0.2, -0.15) is 0 Å². The standard InChI is InChI=1S/C23H18N6O/c30-23(21-15-28(27-26-21)14-17-6-2-1-3-7-17)25-18-10-12-19(13-11-18)29-16-24-20-8-4-5-9-22(20)29/h1-13,15-16H,14H2,(H,25,30). The summed E-state index contributed by atoms with van der Waals surface area (Å²) in [7, 11) is 0. The van der Waals surface area contributed by atoms with Crippen LogP contribution < -0.4 is 5.32 Å². The number of amides is 1. The van der Waals surface area contributed by atoms with E-state index in [-0.39, 0.29) is 11.6 Å². The molecule has 5 aromatic rings. The van der Waals surface area contributed by atoms with Crippen molar-refractivity contribution >= 4 is 22.6 Å². The normalized spacial score (nSPS) is 10.9. The lowest BCUT2D eigenvalue weighted by molar-refractivity contribution is 0.102. The Bertz CT molecular complexity index is 1300. The summed E-state index contributed by atoms with van der Waals surface area (Å²) in [5, 5.41) is 10.9. The van der Waals surface area contributed by atoms with Crippen molar-refractivity contribution in [2.75, 3.05) is 5.32 Å². The maximum Gasteiger partial charge on any atom is 0.277 e. The number of aromatic nitrogens is 5. The molecule has 30 heavy (non-hydrogen) atoms. The summed E-state index contributed by atoms with van der Waals surface area (Å²) in [6.07, 6.45) is 3.44. The highest BCUT2D eigenvalue weighted by Gasteiger charge is 2.12. The Balaban J connectivity index is 1.29. The first-order valence-corrected chi connectivity index (χ1v) is 9.54. The van der Waals surface area contributed by atoms with E-state index in [0.29, 0.717) is 12.2 Å². The molecule has 0 spiro atoms. The number of fused-ring (bicyclic) bond motifs is 1. The third-order valence-corrected chi connectivity index (χ3v) is 4.82. The molecular weight excluding hydrogens is 376 g/mol. The summed E-state index contributed by atoms with van der Waals surface area (Å²) in [6, 6.07) is 25.5. The molecule has 2 aromatic heterocycles. The van der Waals surface area contributed by atoms with Crippen molar-refractivity contribution in [3.8, 4) is 5.69 Å². The molecule has 0 aliphatic heterocycles. The number of hydrogen-bond acceptors (Lipinski definition) is 4. The van der Waals surface area contributed by atoms with Gasteiger partial charge in [-0.15, -0.1) is 5.10 Å². The Morgan fingerprint density at radius 1 is 0.900 bits per heavy atom. The highest BCUT2D eigenvalue weighted by Crippen LogP contribution is 2.19. The Morgan fingerprint density at radius 2 is 1.67 bits per heavy atom. The number of carbonyl (C=O) groups excluding carboxylic acids is 1. The van der Waals surface area contributed by atoms with Gasteiger partial charge in [0.05, 0.1) is 23.8 Å². The van der Waals surface area contributed by atoms with Crippen LogP contribution >= 0.6 is 0 Å². The van der Waals surface area contributed by atoms with E-state index >= 15 is 0 Å². The molecule has 0 unspecified atom stereocenters. The highest BCUT2D eigenvalue weighted by atomic mass is 16.2. The molecule has 0 aliphatic carbocycles. The quantitative estimate of drug-likeness (QED) is 0.490. The van der Waals surface area contributed by atoms with Crippen molar-refractivity contribution < 1.29 is 4.79 Å². The molecule has 0 atom stereocenters. The lowest BCUT2D eigenvalue weighted by atomic mass is 10.2. The topological polar surface area (TPSA) is 77.6 Å². The van der Waals surface area contributed by atoms with Crippen molar-refractivity contribution in [2.45, 2.75) is 6.54 Å². The molecule has 1 amide bonds. The van der Waals surface area contributed by atoms with Crippen LogP contribution in [0.4, 0.5) is 5.69 Å². The number of benzene rings is 3. The average molecular weight is 394 g/mol. The average Bonchev–Trinajstić information content (AvgIpc) is 3.42. The molecule has 0 radical (unpaired) electrons. The van der Waals surface area contributed by atoms with Crippen molar-refractivity contribution in [3.63, 3.8) is 0 Å². The zero-order chi connectivity index (χ0) is 20.3. The molecule has 2 heterocycles. The minimum atomic E-state index is -0.296. The number of anilines is 1. The fourth-order valence-corrected chi connectivity index (χ4v) is 3.32. The van der Waals surface area contributed by atoms with Gasteiger partial charge in [0.15, 0.2) is 5.69 Å². The van der Waals surface area contributed by atoms with Gasteiger partial charge in [0.25, 0.3) is 5.91 Å². The molecular formula is C23H18N6O. The number of nitrogens with zero attached hydrogens (tertiary/aromatic N) is 5. The van der Waals surface area contributed by atoms with Crippen LogP contribution in [0, 0.1) is 0 Å². The number of imidazole rings is 1. The first-order chi connectivity index (χ1) is 14.8. The first kappa shape index (κ1) is 17.8. The number of nitrogens with one attached hydrogen (secondary N) is 1. The third-order valence-electron chi connectivity index (χ3n) is 4.82. The van der Waals surface area contributed by atoms with Gasteiger partial charge in [0.2, 0.25) is 0 Å². The van der Waals surface area contributed by atoms with Crippen LogP contribution in [-0.2, 0) is 6.54 Å². The fourth-order valence-electron chi connectivity index (χ4n) is 3.32. The summed E-state index contributed by atoms with van der Waals surface area (Å²) in [6.45, 7) is 0.564. The number of para-hydroxylation sites is 2. The monoisotopic (exact) mass is 394 g/mol. The van der Waals surface area contributed by atoms with Crippen molar-refractivity contribution in [2.24, 2.45) is 0 Å². The van der Waals surface area contributed by atoms with Crippen LogP contribution in [-0.4, -0.2) is 30.5 Å². The third kappa shape index (κ3) is 3.56. The second-order valence-corrected chi connectivity index (χ2v) is 6.89. The van der Waals surface area contributed by atoms with Crippen molar-refractivity contribution in [3.05, 3.63) is 103 Å². The summed E-state index contributed by atoms with van der Waals surface area (Å²) >= 11 is 0. The van der Waals surface area contributed by atoms with Gasteiger partial charge in [-0.1, -0.05) is 47.7 Å². The zero-order valence-corrected chi connectivity index (χ0v) is 16.0. The second-order valence-electron chi connectivity index (χ2n) is 6.89. The molecule has 0 aliphatic rings. The van der Waals surface area contributed by atoms with E-state index in [1.165, 1.54) is 0 Å². The van der Waals surface area contributed by atoms with Crippen LogP contribution in [0.15, 0.2) is 91.4 Å². The molecule has 3 aromatic carbocycles. The van der Waals surface area contributed by atoms with E-state index in [4.69, 9.17) is 0 Å². The zero-order valence-electron chi connectivity index (χ0n) is 16.0. The predicted octanol–water partition coefficient (Wildman–Crippen LogP) is 3.92. The summed E-state index contributed by atoms with van der Waals surface area (Å²) < 4.78 is 3.66. The highest BCUT2D eigenvalue weighted by molar-refractivity contribution is 6.02. The van der Waals surface area contributed by atoms with Crippen LogP contribution in [0.5, 0.6) is 0 Å². The van der Waals surface area contributed by atoms with Crippen LogP contribution in [0.1, 0.15) is 16.1 Å². The SMILES string of the molecule is O=C(Nc1ccc(-n2cnc3ccccc32)cc1)c1cn(Cc2ccccc2)nn1. The van der Waals surface area contributed by atoms with E-state index in [1.807, 2.05) is 83.4 Å². The van der Waals surface area contributed by atoms with Gasteiger partial charge >= 0.3 is 0 Å². The smallest absolute Gasteiger partial charge is 0.277 e. The molecule has 1 N–H and O–H groups in total. The van der Waals surface area contributed by atoms with E-state index in [9.17, 15) is 4.79 Å². The summed E-state index contributed by atoms with van der Waals surface area (Å²) in [5.74, 6) is -0.296. The first-order valence-electron chi connectivity index (χ1n) is 9.54. The maximum atomic E-state index is 12.5. The van der Waals surface area contributed by atoms with Crippen LogP contribution in [0.25, 0.3) is 16.7 Å². The Hall–Kier alpha value is -4.26. The molecule has 5 rings (SSSR count). The summed E-state index contributed by atoms with van der Waals surface area (Å²) in [4.78, 5) is 16.9. The Labute approximate surface area is 172 Å². The van der Waals surface area contributed by atoms with E-state index < -0.39 is 0 Å². The molecule has 7 heteroatoms. The number of carbonyl (C=O) groups is 1. The fraction of sp³-hybridized carbons (Fsp3) is 0.0435. The lowest BCUT2D eigenvalue weighted by Crippen LogP contribution is -2.12. The van der Waals surface area contributed by atoms with Gasteiger partial charge in [-0.25, -0.2) is 9.67 Å². The lowest BCUT2D eigenvalue weighted by Gasteiger charge is -2.07. The molecule has 0 saturated heterocycles.